The van der Waals surface area contributed by atoms with Crippen molar-refractivity contribution in [3.05, 3.63) is 34.2 Å². The smallest absolute Gasteiger partial charge is 0.119 e. The van der Waals surface area contributed by atoms with E-state index in [0.717, 1.165) is 29.8 Å². The van der Waals surface area contributed by atoms with Crippen LogP contribution in [0, 0.1) is 0 Å². The molecule has 1 heterocycles. The van der Waals surface area contributed by atoms with Crippen molar-refractivity contribution in [1.82, 2.24) is 4.98 Å². The van der Waals surface area contributed by atoms with Crippen molar-refractivity contribution >= 4 is 11.3 Å². The van der Waals surface area contributed by atoms with E-state index in [1.165, 1.54) is 9.88 Å². The highest BCUT2D eigenvalue weighted by Crippen LogP contribution is 2.30. The van der Waals surface area contributed by atoms with Crippen LogP contribution in [0.5, 0.6) is 5.75 Å². The van der Waals surface area contributed by atoms with Crippen molar-refractivity contribution < 1.29 is 4.74 Å². The largest absolute Gasteiger partial charge is 0.491 e. The molecule has 0 aliphatic rings. The summed E-state index contributed by atoms with van der Waals surface area (Å²) in [5.74, 6) is 0.898. The molecule has 0 saturated carbocycles. The number of hydrogen-bond donors (Lipinski definition) is 1. The van der Waals surface area contributed by atoms with Crippen LogP contribution >= 0.6 is 11.3 Å². The Morgan fingerprint density at radius 2 is 1.95 bits per heavy atom. The molecule has 0 spiro atoms. The monoisotopic (exact) mass is 290 g/mol. The van der Waals surface area contributed by atoms with Gasteiger partial charge < -0.3 is 10.5 Å². The minimum Gasteiger partial charge on any atom is -0.491 e. The lowest BCUT2D eigenvalue weighted by Gasteiger charge is -2.10. The number of benzene rings is 1. The van der Waals surface area contributed by atoms with Gasteiger partial charge in [-0.1, -0.05) is 6.92 Å². The van der Waals surface area contributed by atoms with Crippen LogP contribution in [0.25, 0.3) is 11.3 Å². The van der Waals surface area contributed by atoms with Crippen LogP contribution in [0.1, 0.15) is 30.7 Å². The van der Waals surface area contributed by atoms with Crippen LogP contribution in [0.2, 0.25) is 0 Å². The quantitative estimate of drug-likeness (QED) is 0.883. The van der Waals surface area contributed by atoms with Crippen LogP contribution in [0.15, 0.2) is 24.3 Å². The van der Waals surface area contributed by atoms with Gasteiger partial charge in [0.25, 0.3) is 0 Å². The molecule has 2 rings (SSSR count). The van der Waals surface area contributed by atoms with Crippen molar-refractivity contribution in [3.63, 3.8) is 0 Å². The first kappa shape index (κ1) is 15.0. The Balaban J connectivity index is 2.28. The van der Waals surface area contributed by atoms with Crippen LogP contribution in [0.3, 0.4) is 0 Å². The standard InChI is InChI=1S/C16H22N2OS/c1-4-15-18-16(14(20-15)9-10-17)12-5-7-13(8-6-12)19-11(2)3/h5-8,11H,4,9-10,17H2,1-3H3. The lowest BCUT2D eigenvalue weighted by atomic mass is 10.1. The average molecular weight is 290 g/mol. The molecule has 0 saturated heterocycles. The summed E-state index contributed by atoms with van der Waals surface area (Å²) in [7, 11) is 0. The molecule has 20 heavy (non-hydrogen) atoms. The topological polar surface area (TPSA) is 48.1 Å². The van der Waals surface area contributed by atoms with E-state index in [9.17, 15) is 0 Å². The molecule has 1 aromatic heterocycles. The highest BCUT2D eigenvalue weighted by atomic mass is 32.1. The number of nitrogens with zero attached hydrogens (tertiary/aromatic N) is 1. The summed E-state index contributed by atoms with van der Waals surface area (Å²) < 4.78 is 5.67. The minimum absolute atomic E-state index is 0.194. The SMILES string of the molecule is CCc1nc(-c2ccc(OC(C)C)cc2)c(CCN)s1. The molecule has 108 valence electrons. The van der Waals surface area contributed by atoms with Gasteiger partial charge in [-0.3, -0.25) is 0 Å². The molecule has 1 aromatic carbocycles. The van der Waals surface area contributed by atoms with E-state index in [-0.39, 0.29) is 6.10 Å². The molecule has 3 nitrogen and oxygen atoms in total. The Morgan fingerprint density at radius 3 is 2.50 bits per heavy atom. The molecular formula is C16H22N2OS. The molecule has 0 atom stereocenters. The number of aryl methyl sites for hydroxylation is 1. The predicted octanol–water partition coefficient (Wildman–Crippen LogP) is 3.66. The van der Waals surface area contributed by atoms with Gasteiger partial charge >= 0.3 is 0 Å². The number of hydrogen-bond acceptors (Lipinski definition) is 4. The summed E-state index contributed by atoms with van der Waals surface area (Å²) >= 11 is 1.77. The van der Waals surface area contributed by atoms with Gasteiger partial charge in [-0.05, 0) is 57.5 Å². The molecule has 0 unspecified atom stereocenters. The fourth-order valence-electron chi connectivity index (χ4n) is 2.04. The number of ether oxygens (including phenoxy) is 1. The summed E-state index contributed by atoms with van der Waals surface area (Å²) in [6, 6.07) is 8.16. The van der Waals surface area contributed by atoms with E-state index >= 15 is 0 Å². The Hall–Kier alpha value is -1.39. The molecule has 2 N–H and O–H groups in total. The summed E-state index contributed by atoms with van der Waals surface area (Å²) in [5, 5.41) is 1.17. The predicted molar refractivity (Wildman–Crippen MR) is 85.5 cm³/mol. The first-order valence-electron chi connectivity index (χ1n) is 7.09. The molecule has 0 aliphatic heterocycles. The van der Waals surface area contributed by atoms with Gasteiger partial charge in [-0.15, -0.1) is 11.3 Å². The van der Waals surface area contributed by atoms with Gasteiger partial charge in [-0.2, -0.15) is 0 Å². The average Bonchev–Trinajstić information content (AvgIpc) is 2.83. The van der Waals surface area contributed by atoms with Gasteiger partial charge in [0.15, 0.2) is 0 Å². The second-order valence-corrected chi connectivity index (χ2v) is 6.13. The number of rotatable bonds is 6. The van der Waals surface area contributed by atoms with Gasteiger partial charge in [-0.25, -0.2) is 4.98 Å². The van der Waals surface area contributed by atoms with Gasteiger partial charge in [0.1, 0.15) is 5.75 Å². The van der Waals surface area contributed by atoms with Crippen LogP contribution in [-0.4, -0.2) is 17.6 Å². The lowest BCUT2D eigenvalue weighted by Crippen LogP contribution is -2.05. The minimum atomic E-state index is 0.194. The van der Waals surface area contributed by atoms with E-state index in [4.69, 9.17) is 15.5 Å². The highest BCUT2D eigenvalue weighted by molar-refractivity contribution is 7.12. The van der Waals surface area contributed by atoms with Crippen molar-refractivity contribution in [2.24, 2.45) is 5.73 Å². The van der Waals surface area contributed by atoms with Crippen molar-refractivity contribution in [1.29, 1.82) is 0 Å². The third kappa shape index (κ3) is 3.58. The maximum absolute atomic E-state index is 5.70. The Kier molecular flexibility index (Phi) is 5.15. The van der Waals surface area contributed by atoms with Crippen LogP contribution in [-0.2, 0) is 12.8 Å². The zero-order valence-electron chi connectivity index (χ0n) is 12.3. The molecular weight excluding hydrogens is 268 g/mol. The highest BCUT2D eigenvalue weighted by Gasteiger charge is 2.12. The molecule has 0 amide bonds. The lowest BCUT2D eigenvalue weighted by molar-refractivity contribution is 0.242. The van der Waals surface area contributed by atoms with Gasteiger partial charge in [0.05, 0.1) is 16.8 Å². The van der Waals surface area contributed by atoms with Gasteiger partial charge in [0.2, 0.25) is 0 Å². The number of aromatic nitrogens is 1. The fourth-order valence-corrected chi connectivity index (χ4v) is 3.09. The first-order chi connectivity index (χ1) is 9.63. The second kappa shape index (κ2) is 6.86. The fraction of sp³-hybridized carbons (Fsp3) is 0.438. The zero-order valence-corrected chi connectivity index (χ0v) is 13.2. The maximum Gasteiger partial charge on any atom is 0.119 e. The van der Waals surface area contributed by atoms with Crippen LogP contribution in [0.4, 0.5) is 0 Å². The van der Waals surface area contributed by atoms with Crippen LogP contribution < -0.4 is 10.5 Å². The van der Waals surface area contributed by atoms with Crippen molar-refractivity contribution in [2.45, 2.75) is 39.7 Å². The third-order valence-electron chi connectivity index (χ3n) is 2.92. The molecule has 2 aromatic rings. The summed E-state index contributed by atoms with van der Waals surface area (Å²) in [6.07, 6.45) is 2.05. The molecule has 0 fully saturated rings. The molecule has 4 heteroatoms. The number of nitrogens with two attached hydrogens (primary N) is 1. The summed E-state index contributed by atoms with van der Waals surface area (Å²) in [6.45, 7) is 6.85. The van der Waals surface area contributed by atoms with Crippen molar-refractivity contribution in [3.8, 4) is 17.0 Å². The van der Waals surface area contributed by atoms with E-state index in [2.05, 4.69) is 19.1 Å². The Bertz CT molecular complexity index is 546. The first-order valence-corrected chi connectivity index (χ1v) is 7.91. The Morgan fingerprint density at radius 1 is 1.25 bits per heavy atom. The van der Waals surface area contributed by atoms with E-state index in [1.54, 1.807) is 11.3 Å². The molecule has 0 bridgehead atoms. The maximum atomic E-state index is 5.70. The normalized spacial score (nSPS) is 11.1. The zero-order chi connectivity index (χ0) is 14.5. The van der Waals surface area contributed by atoms with E-state index in [1.807, 2.05) is 26.0 Å². The van der Waals surface area contributed by atoms with E-state index < -0.39 is 0 Å². The van der Waals surface area contributed by atoms with Crippen molar-refractivity contribution in [2.75, 3.05) is 6.54 Å². The summed E-state index contributed by atoms with van der Waals surface area (Å²) in [5.41, 5.74) is 7.91. The van der Waals surface area contributed by atoms with Gasteiger partial charge in [0, 0.05) is 10.4 Å². The second-order valence-electron chi connectivity index (χ2n) is 4.96. The molecule has 0 aliphatic carbocycles. The summed E-state index contributed by atoms with van der Waals surface area (Å²) in [4.78, 5) is 6.01. The van der Waals surface area contributed by atoms with E-state index in [0.29, 0.717) is 6.54 Å². The third-order valence-corrected chi connectivity index (χ3v) is 4.17. The number of thiazole rings is 1. The Labute approximate surface area is 124 Å². The molecule has 0 radical (unpaired) electrons.